The third-order valence-electron chi connectivity index (χ3n) is 2.31. The van der Waals surface area contributed by atoms with Crippen LogP contribution in [-0.2, 0) is 9.53 Å². The molecule has 5 nitrogen and oxygen atoms in total. The molecule has 0 aromatic rings. The highest BCUT2D eigenvalue weighted by atomic mass is 16.5. The number of methoxy groups -OCH3 is 1. The first-order chi connectivity index (χ1) is 6.75. The van der Waals surface area contributed by atoms with Crippen LogP contribution in [0.1, 0.15) is 6.92 Å². The Kier molecular flexibility index (Phi) is 4.86. The van der Waals surface area contributed by atoms with Gasteiger partial charge in [0.2, 0.25) is 5.91 Å². The Morgan fingerprint density at radius 3 is 2.64 bits per heavy atom. The summed E-state index contributed by atoms with van der Waals surface area (Å²) < 4.78 is 4.98. The first kappa shape index (κ1) is 11.4. The van der Waals surface area contributed by atoms with Gasteiger partial charge in [-0.15, -0.1) is 0 Å². The number of hydrazine groups is 1. The fraction of sp³-hybridized carbons (Fsp3) is 0.889. The van der Waals surface area contributed by atoms with Gasteiger partial charge >= 0.3 is 0 Å². The molecule has 0 radical (unpaired) electrons. The Labute approximate surface area is 85.0 Å². The SMILES string of the molecule is COCCN(C(C)=O)N1CCNCC1. The highest BCUT2D eigenvalue weighted by molar-refractivity contribution is 5.72. The fourth-order valence-electron chi connectivity index (χ4n) is 1.57. The van der Waals surface area contributed by atoms with E-state index < -0.39 is 0 Å². The predicted molar refractivity (Wildman–Crippen MR) is 53.7 cm³/mol. The molecule has 0 saturated carbocycles. The molecule has 14 heavy (non-hydrogen) atoms. The van der Waals surface area contributed by atoms with E-state index in [1.165, 1.54) is 0 Å². The molecule has 0 bridgehead atoms. The molecule has 1 fully saturated rings. The molecule has 0 unspecified atom stereocenters. The Morgan fingerprint density at radius 1 is 1.50 bits per heavy atom. The predicted octanol–water partition coefficient (Wildman–Crippen LogP) is -0.698. The van der Waals surface area contributed by atoms with Gasteiger partial charge < -0.3 is 10.1 Å². The average molecular weight is 201 g/mol. The number of carbonyl (C=O) groups is 1. The first-order valence-corrected chi connectivity index (χ1v) is 4.98. The van der Waals surface area contributed by atoms with Crippen molar-refractivity contribution in [1.82, 2.24) is 15.3 Å². The van der Waals surface area contributed by atoms with E-state index in [2.05, 4.69) is 10.3 Å². The summed E-state index contributed by atoms with van der Waals surface area (Å²) in [7, 11) is 1.65. The first-order valence-electron chi connectivity index (χ1n) is 4.98. The normalized spacial score (nSPS) is 18.1. The van der Waals surface area contributed by atoms with Crippen LogP contribution in [0.3, 0.4) is 0 Å². The number of piperazine rings is 1. The smallest absolute Gasteiger partial charge is 0.233 e. The molecule has 1 aliphatic heterocycles. The molecule has 0 aromatic heterocycles. The van der Waals surface area contributed by atoms with Crippen LogP contribution in [-0.4, -0.2) is 62.4 Å². The zero-order chi connectivity index (χ0) is 10.4. The van der Waals surface area contributed by atoms with Crippen molar-refractivity contribution in [3.63, 3.8) is 0 Å². The lowest BCUT2D eigenvalue weighted by molar-refractivity contribution is -0.149. The molecular weight excluding hydrogens is 182 g/mol. The van der Waals surface area contributed by atoms with E-state index in [0.717, 1.165) is 26.2 Å². The van der Waals surface area contributed by atoms with Crippen LogP contribution in [0.5, 0.6) is 0 Å². The summed E-state index contributed by atoms with van der Waals surface area (Å²) in [5.41, 5.74) is 0. The number of ether oxygens (including phenoxy) is 1. The third kappa shape index (κ3) is 3.25. The van der Waals surface area contributed by atoms with E-state index in [4.69, 9.17) is 4.74 Å². The highest BCUT2D eigenvalue weighted by Crippen LogP contribution is 2.00. The Morgan fingerprint density at radius 2 is 2.14 bits per heavy atom. The maximum absolute atomic E-state index is 11.4. The molecular formula is C9H19N3O2. The lowest BCUT2D eigenvalue weighted by Crippen LogP contribution is -2.54. The molecule has 1 heterocycles. The maximum Gasteiger partial charge on any atom is 0.233 e. The molecule has 1 N–H and O–H groups in total. The molecule has 1 amide bonds. The van der Waals surface area contributed by atoms with Gasteiger partial charge in [0, 0.05) is 40.2 Å². The van der Waals surface area contributed by atoms with Crippen molar-refractivity contribution >= 4 is 5.91 Å². The summed E-state index contributed by atoms with van der Waals surface area (Å²) >= 11 is 0. The minimum absolute atomic E-state index is 0.0870. The lowest BCUT2D eigenvalue weighted by atomic mass is 10.4. The summed E-state index contributed by atoms with van der Waals surface area (Å²) in [6.45, 7) is 6.49. The van der Waals surface area contributed by atoms with Crippen molar-refractivity contribution < 1.29 is 9.53 Å². The van der Waals surface area contributed by atoms with E-state index >= 15 is 0 Å². The van der Waals surface area contributed by atoms with Crippen molar-refractivity contribution in [2.45, 2.75) is 6.92 Å². The van der Waals surface area contributed by atoms with Crippen molar-refractivity contribution in [2.24, 2.45) is 0 Å². The van der Waals surface area contributed by atoms with Gasteiger partial charge in [-0.1, -0.05) is 0 Å². The Hall–Kier alpha value is -0.650. The summed E-state index contributed by atoms with van der Waals surface area (Å²) in [4.78, 5) is 11.4. The average Bonchev–Trinajstić information content (AvgIpc) is 2.19. The molecule has 0 aromatic carbocycles. The summed E-state index contributed by atoms with van der Waals surface area (Å²) in [5, 5.41) is 7.10. The minimum atomic E-state index is 0.0870. The van der Waals surface area contributed by atoms with Crippen molar-refractivity contribution in [3.05, 3.63) is 0 Å². The van der Waals surface area contributed by atoms with E-state index in [0.29, 0.717) is 13.2 Å². The van der Waals surface area contributed by atoms with Gasteiger partial charge in [-0.25, -0.2) is 5.01 Å². The van der Waals surface area contributed by atoms with Crippen LogP contribution in [0.2, 0.25) is 0 Å². The monoisotopic (exact) mass is 201 g/mol. The van der Waals surface area contributed by atoms with Crippen LogP contribution in [0, 0.1) is 0 Å². The van der Waals surface area contributed by atoms with Gasteiger partial charge in [0.15, 0.2) is 0 Å². The molecule has 0 aliphatic carbocycles. The van der Waals surface area contributed by atoms with Gasteiger partial charge in [-0.05, 0) is 0 Å². The van der Waals surface area contributed by atoms with Crippen molar-refractivity contribution in [1.29, 1.82) is 0 Å². The second-order valence-corrected chi connectivity index (χ2v) is 3.34. The van der Waals surface area contributed by atoms with Crippen LogP contribution in [0.25, 0.3) is 0 Å². The van der Waals surface area contributed by atoms with E-state index in [1.807, 2.05) is 0 Å². The van der Waals surface area contributed by atoms with Gasteiger partial charge in [0.1, 0.15) is 0 Å². The summed E-state index contributed by atoms with van der Waals surface area (Å²) in [6.07, 6.45) is 0. The largest absolute Gasteiger partial charge is 0.383 e. The molecule has 5 heteroatoms. The Balaban J connectivity index is 2.43. The molecule has 0 atom stereocenters. The number of rotatable bonds is 4. The van der Waals surface area contributed by atoms with E-state index in [-0.39, 0.29) is 5.91 Å². The quantitative estimate of drug-likeness (QED) is 0.653. The minimum Gasteiger partial charge on any atom is -0.383 e. The summed E-state index contributed by atoms with van der Waals surface area (Å²) in [6, 6.07) is 0. The number of hydrogen-bond donors (Lipinski definition) is 1. The summed E-state index contributed by atoms with van der Waals surface area (Å²) in [5.74, 6) is 0.0870. The van der Waals surface area contributed by atoms with Crippen molar-refractivity contribution in [3.8, 4) is 0 Å². The number of hydrogen-bond acceptors (Lipinski definition) is 4. The lowest BCUT2D eigenvalue weighted by Gasteiger charge is -2.36. The van der Waals surface area contributed by atoms with Crippen LogP contribution in [0.15, 0.2) is 0 Å². The van der Waals surface area contributed by atoms with E-state index in [1.54, 1.807) is 19.0 Å². The standard InChI is InChI=1S/C9H19N3O2/c1-9(13)12(7-8-14-2)11-5-3-10-4-6-11/h10H,3-8H2,1-2H3. The number of amides is 1. The third-order valence-corrected chi connectivity index (χ3v) is 2.31. The highest BCUT2D eigenvalue weighted by Gasteiger charge is 2.19. The number of carbonyl (C=O) groups excluding carboxylic acids is 1. The van der Waals surface area contributed by atoms with Gasteiger partial charge in [0.25, 0.3) is 0 Å². The second-order valence-electron chi connectivity index (χ2n) is 3.34. The molecule has 1 saturated heterocycles. The zero-order valence-electron chi connectivity index (χ0n) is 8.95. The van der Waals surface area contributed by atoms with Gasteiger partial charge in [-0.3, -0.25) is 9.80 Å². The van der Waals surface area contributed by atoms with Gasteiger partial charge in [-0.2, -0.15) is 0 Å². The second kappa shape index (κ2) is 5.95. The number of nitrogens with one attached hydrogen (secondary N) is 1. The van der Waals surface area contributed by atoms with Crippen LogP contribution >= 0.6 is 0 Å². The maximum atomic E-state index is 11.4. The molecule has 1 rings (SSSR count). The Bertz CT molecular complexity index is 181. The topological polar surface area (TPSA) is 44.8 Å². The van der Waals surface area contributed by atoms with Crippen LogP contribution < -0.4 is 5.32 Å². The molecule has 82 valence electrons. The van der Waals surface area contributed by atoms with Gasteiger partial charge in [0.05, 0.1) is 13.2 Å². The van der Waals surface area contributed by atoms with Crippen LogP contribution in [0.4, 0.5) is 0 Å². The zero-order valence-corrected chi connectivity index (χ0v) is 8.95. The molecule has 1 aliphatic rings. The van der Waals surface area contributed by atoms with E-state index in [9.17, 15) is 4.79 Å². The molecule has 0 spiro atoms. The fourth-order valence-corrected chi connectivity index (χ4v) is 1.57. The number of nitrogens with zero attached hydrogens (tertiary/aromatic N) is 2. The van der Waals surface area contributed by atoms with Crippen molar-refractivity contribution in [2.75, 3.05) is 46.4 Å².